The van der Waals surface area contributed by atoms with E-state index in [4.69, 9.17) is 9.84 Å². The number of nitrogens with one attached hydrogen (secondary N) is 1. The van der Waals surface area contributed by atoms with Gasteiger partial charge in [0.15, 0.2) is 0 Å². The molecule has 0 radical (unpaired) electrons. The first-order valence-corrected chi connectivity index (χ1v) is 5.51. The quantitative estimate of drug-likeness (QED) is 0.792. The number of piperazine rings is 1. The molecular formula is C12H12N2O5. The van der Waals surface area contributed by atoms with E-state index in [9.17, 15) is 14.4 Å². The summed E-state index contributed by atoms with van der Waals surface area (Å²) in [6.07, 6.45) is 0. The Labute approximate surface area is 108 Å². The zero-order valence-corrected chi connectivity index (χ0v) is 10.2. The molecule has 0 spiro atoms. The van der Waals surface area contributed by atoms with Gasteiger partial charge in [-0.3, -0.25) is 9.59 Å². The Bertz CT molecular complexity index is 555. The van der Waals surface area contributed by atoms with E-state index >= 15 is 0 Å². The van der Waals surface area contributed by atoms with E-state index in [2.05, 4.69) is 5.32 Å². The van der Waals surface area contributed by atoms with Crippen LogP contribution >= 0.6 is 0 Å². The van der Waals surface area contributed by atoms with Crippen molar-refractivity contribution in [1.29, 1.82) is 0 Å². The average Bonchev–Trinajstić information content (AvgIpc) is 2.40. The highest BCUT2D eigenvalue weighted by Gasteiger charge is 2.25. The average molecular weight is 264 g/mol. The summed E-state index contributed by atoms with van der Waals surface area (Å²) in [6, 6.07) is 4.32. The maximum absolute atomic E-state index is 11.7. The number of ether oxygens (including phenoxy) is 1. The summed E-state index contributed by atoms with van der Waals surface area (Å²) in [7, 11) is 1.36. The first-order chi connectivity index (χ1) is 9.02. The third kappa shape index (κ3) is 2.49. The standard InChI is InChI=1S/C12H12N2O5/c1-19-9-3-2-7(4-8(9)12(17)18)14-6-10(15)13-5-11(14)16/h2-4H,5-6H2,1H3,(H,13,15)(H,17,18). The van der Waals surface area contributed by atoms with E-state index in [-0.39, 0.29) is 36.2 Å². The van der Waals surface area contributed by atoms with E-state index in [1.807, 2.05) is 0 Å². The molecule has 0 atom stereocenters. The molecule has 1 aliphatic heterocycles. The summed E-state index contributed by atoms with van der Waals surface area (Å²) in [5.41, 5.74) is 0.303. The number of aromatic carboxylic acids is 1. The summed E-state index contributed by atoms with van der Waals surface area (Å²) in [4.78, 5) is 35.3. The number of methoxy groups -OCH3 is 1. The lowest BCUT2D eigenvalue weighted by Crippen LogP contribution is -2.51. The van der Waals surface area contributed by atoms with Crippen LogP contribution in [-0.4, -0.2) is 43.1 Å². The molecule has 1 aromatic carbocycles. The van der Waals surface area contributed by atoms with Crippen LogP contribution in [0.3, 0.4) is 0 Å². The number of carbonyl (C=O) groups excluding carboxylic acids is 2. The smallest absolute Gasteiger partial charge is 0.339 e. The Kier molecular flexibility index (Phi) is 3.37. The fourth-order valence-electron chi connectivity index (χ4n) is 1.82. The van der Waals surface area contributed by atoms with Crippen LogP contribution in [0.2, 0.25) is 0 Å². The molecule has 0 unspecified atom stereocenters. The molecule has 19 heavy (non-hydrogen) atoms. The molecule has 0 aromatic heterocycles. The van der Waals surface area contributed by atoms with Gasteiger partial charge in [-0.2, -0.15) is 0 Å². The van der Waals surface area contributed by atoms with Gasteiger partial charge in [-0.25, -0.2) is 4.79 Å². The number of hydrogen-bond donors (Lipinski definition) is 2. The fourth-order valence-corrected chi connectivity index (χ4v) is 1.82. The Hall–Kier alpha value is -2.57. The van der Waals surface area contributed by atoms with Crippen molar-refractivity contribution in [1.82, 2.24) is 5.32 Å². The number of benzene rings is 1. The molecule has 0 bridgehead atoms. The van der Waals surface area contributed by atoms with Crippen molar-refractivity contribution in [2.24, 2.45) is 0 Å². The molecular weight excluding hydrogens is 252 g/mol. The molecule has 100 valence electrons. The predicted octanol–water partition coefficient (Wildman–Crippen LogP) is -0.144. The minimum Gasteiger partial charge on any atom is -0.496 e. The van der Waals surface area contributed by atoms with E-state index in [1.54, 1.807) is 6.07 Å². The highest BCUT2D eigenvalue weighted by Crippen LogP contribution is 2.25. The normalized spacial score (nSPS) is 15.1. The Morgan fingerprint density at radius 3 is 2.79 bits per heavy atom. The molecule has 7 nitrogen and oxygen atoms in total. The van der Waals surface area contributed by atoms with Crippen LogP contribution in [0.1, 0.15) is 10.4 Å². The topological polar surface area (TPSA) is 95.9 Å². The van der Waals surface area contributed by atoms with Crippen LogP contribution in [0.5, 0.6) is 5.75 Å². The molecule has 2 N–H and O–H groups in total. The second kappa shape index (κ2) is 4.97. The number of carboxylic acid groups (broad SMARTS) is 1. The predicted molar refractivity (Wildman–Crippen MR) is 65.3 cm³/mol. The highest BCUT2D eigenvalue weighted by molar-refractivity contribution is 6.05. The van der Waals surface area contributed by atoms with Gasteiger partial charge in [0.25, 0.3) is 0 Å². The molecule has 2 rings (SSSR count). The lowest BCUT2D eigenvalue weighted by molar-refractivity contribution is -0.128. The van der Waals surface area contributed by atoms with Gasteiger partial charge in [-0.1, -0.05) is 0 Å². The number of hydrogen-bond acceptors (Lipinski definition) is 4. The number of carboxylic acids is 1. The van der Waals surface area contributed by atoms with E-state index in [0.29, 0.717) is 5.69 Å². The lowest BCUT2D eigenvalue weighted by atomic mass is 10.1. The van der Waals surface area contributed by atoms with E-state index in [1.165, 1.54) is 24.1 Å². The first kappa shape index (κ1) is 12.9. The van der Waals surface area contributed by atoms with Gasteiger partial charge in [0.05, 0.1) is 13.7 Å². The van der Waals surface area contributed by atoms with Crippen molar-refractivity contribution < 1.29 is 24.2 Å². The van der Waals surface area contributed by atoms with Crippen LogP contribution in [0.15, 0.2) is 18.2 Å². The highest BCUT2D eigenvalue weighted by atomic mass is 16.5. The second-order valence-electron chi connectivity index (χ2n) is 3.95. The third-order valence-electron chi connectivity index (χ3n) is 2.76. The largest absolute Gasteiger partial charge is 0.496 e. The minimum atomic E-state index is -1.16. The second-order valence-corrected chi connectivity index (χ2v) is 3.95. The number of carbonyl (C=O) groups is 3. The van der Waals surface area contributed by atoms with Gasteiger partial charge in [0.1, 0.15) is 17.9 Å². The monoisotopic (exact) mass is 264 g/mol. The zero-order valence-electron chi connectivity index (χ0n) is 10.2. The molecule has 1 saturated heterocycles. The van der Waals surface area contributed by atoms with Crippen LogP contribution in [0.4, 0.5) is 5.69 Å². The van der Waals surface area contributed by atoms with Gasteiger partial charge >= 0.3 is 5.97 Å². The van der Waals surface area contributed by atoms with Gasteiger partial charge in [0.2, 0.25) is 11.8 Å². The minimum absolute atomic E-state index is 0.0567. The Balaban J connectivity index is 2.39. The maximum atomic E-state index is 11.7. The Morgan fingerprint density at radius 2 is 2.16 bits per heavy atom. The van der Waals surface area contributed by atoms with E-state index < -0.39 is 5.97 Å². The van der Waals surface area contributed by atoms with Crippen LogP contribution < -0.4 is 15.0 Å². The summed E-state index contributed by atoms with van der Waals surface area (Å²) < 4.78 is 4.93. The number of amides is 2. The molecule has 1 aromatic rings. The fraction of sp³-hybridized carbons (Fsp3) is 0.250. The molecule has 1 heterocycles. The molecule has 1 aliphatic rings. The van der Waals surface area contributed by atoms with Crippen molar-refractivity contribution in [3.8, 4) is 5.75 Å². The van der Waals surface area contributed by atoms with Crippen molar-refractivity contribution in [2.45, 2.75) is 0 Å². The summed E-state index contributed by atoms with van der Waals surface area (Å²) >= 11 is 0. The van der Waals surface area contributed by atoms with Crippen molar-refractivity contribution >= 4 is 23.5 Å². The number of nitrogens with zero attached hydrogens (tertiary/aromatic N) is 1. The summed E-state index contributed by atoms with van der Waals surface area (Å²) in [5.74, 6) is -1.54. The summed E-state index contributed by atoms with van der Waals surface area (Å²) in [6.45, 7) is -0.211. The molecule has 0 saturated carbocycles. The van der Waals surface area contributed by atoms with E-state index in [0.717, 1.165) is 0 Å². The lowest BCUT2D eigenvalue weighted by Gasteiger charge is -2.27. The molecule has 7 heteroatoms. The van der Waals surface area contributed by atoms with Crippen LogP contribution in [0, 0.1) is 0 Å². The molecule has 1 fully saturated rings. The van der Waals surface area contributed by atoms with Gasteiger partial charge in [-0.05, 0) is 18.2 Å². The first-order valence-electron chi connectivity index (χ1n) is 5.51. The van der Waals surface area contributed by atoms with Gasteiger partial charge in [0, 0.05) is 5.69 Å². The van der Waals surface area contributed by atoms with Crippen molar-refractivity contribution in [3.05, 3.63) is 23.8 Å². The van der Waals surface area contributed by atoms with Gasteiger partial charge < -0.3 is 20.1 Å². The zero-order chi connectivity index (χ0) is 14.0. The number of anilines is 1. The van der Waals surface area contributed by atoms with Crippen molar-refractivity contribution in [2.75, 3.05) is 25.1 Å². The molecule has 0 aliphatic carbocycles. The van der Waals surface area contributed by atoms with Crippen molar-refractivity contribution in [3.63, 3.8) is 0 Å². The number of rotatable bonds is 3. The van der Waals surface area contributed by atoms with Crippen LogP contribution in [0.25, 0.3) is 0 Å². The molecule has 2 amide bonds. The Morgan fingerprint density at radius 1 is 1.42 bits per heavy atom. The maximum Gasteiger partial charge on any atom is 0.339 e. The van der Waals surface area contributed by atoms with Crippen LogP contribution in [-0.2, 0) is 9.59 Å². The SMILES string of the molecule is COc1ccc(N2CC(=O)NCC2=O)cc1C(=O)O. The third-order valence-corrected chi connectivity index (χ3v) is 2.76. The van der Waals surface area contributed by atoms with Gasteiger partial charge in [-0.15, -0.1) is 0 Å². The summed E-state index contributed by atoms with van der Waals surface area (Å²) in [5, 5.41) is 11.5.